The highest BCUT2D eigenvalue weighted by atomic mass is 35.5. The Labute approximate surface area is 294 Å². The van der Waals surface area contributed by atoms with Crippen molar-refractivity contribution in [1.82, 2.24) is 4.98 Å². The molecule has 0 saturated heterocycles. The second kappa shape index (κ2) is 15.6. The van der Waals surface area contributed by atoms with Crippen LogP contribution in [0.1, 0.15) is 80.4 Å². The van der Waals surface area contributed by atoms with Crippen molar-refractivity contribution in [3.63, 3.8) is 0 Å². The second-order valence-corrected chi connectivity index (χ2v) is 13.9. The maximum Gasteiger partial charge on any atom is 0.355 e. The topological polar surface area (TPSA) is 84.0 Å². The van der Waals surface area contributed by atoms with Gasteiger partial charge in [0.05, 0.1) is 19.3 Å². The van der Waals surface area contributed by atoms with Gasteiger partial charge in [-0.2, -0.15) is 0 Å². The second-order valence-electron chi connectivity index (χ2n) is 13.5. The summed E-state index contributed by atoms with van der Waals surface area (Å²) in [4.78, 5) is 33.3. The fourth-order valence-corrected chi connectivity index (χ4v) is 7.38. The first-order valence-corrected chi connectivity index (χ1v) is 17.3. The summed E-state index contributed by atoms with van der Waals surface area (Å²) in [6, 6.07) is 28.9. The zero-order valence-electron chi connectivity index (χ0n) is 29.2. The van der Waals surface area contributed by atoms with E-state index in [9.17, 15) is 9.59 Å². The average molecular weight is 684 g/mol. The normalized spacial score (nSPS) is 19.0. The van der Waals surface area contributed by atoms with Gasteiger partial charge in [-0.05, 0) is 65.5 Å². The lowest BCUT2D eigenvalue weighted by atomic mass is 9.64. The van der Waals surface area contributed by atoms with Gasteiger partial charge in [-0.15, -0.1) is 0 Å². The molecule has 4 aromatic rings. The van der Waals surface area contributed by atoms with E-state index in [2.05, 4.69) is 37.9 Å². The van der Waals surface area contributed by atoms with Crippen LogP contribution in [0.3, 0.4) is 0 Å². The number of benzene rings is 3. The predicted octanol–water partition coefficient (Wildman–Crippen LogP) is 9.35. The fraction of sp³-hybridized carbons (Fsp3) is 0.390. The van der Waals surface area contributed by atoms with Crippen LogP contribution in [0.2, 0.25) is 5.15 Å². The van der Waals surface area contributed by atoms with E-state index in [0.717, 1.165) is 24.0 Å². The summed E-state index contributed by atoms with van der Waals surface area (Å²) in [5.41, 5.74) is 2.02. The van der Waals surface area contributed by atoms with Crippen molar-refractivity contribution in [2.75, 3.05) is 14.2 Å². The minimum Gasteiger partial charge on any atom is -0.481 e. The largest absolute Gasteiger partial charge is 0.481 e. The van der Waals surface area contributed by atoms with E-state index < -0.39 is 23.6 Å². The van der Waals surface area contributed by atoms with Gasteiger partial charge in [0.25, 0.3) is 0 Å². The average Bonchev–Trinajstić information content (AvgIpc) is 3.12. The van der Waals surface area contributed by atoms with E-state index >= 15 is 0 Å². The monoisotopic (exact) mass is 683 g/mol. The number of rotatable bonds is 12. The summed E-state index contributed by atoms with van der Waals surface area (Å²) in [6.07, 6.45) is 2.24. The molecule has 0 spiro atoms. The van der Waals surface area contributed by atoms with Gasteiger partial charge in [-0.3, -0.25) is 0 Å². The van der Waals surface area contributed by atoms with Gasteiger partial charge in [0, 0.05) is 24.2 Å². The van der Waals surface area contributed by atoms with Gasteiger partial charge in [-0.25, -0.2) is 14.6 Å². The molecule has 258 valence electrons. The van der Waals surface area contributed by atoms with E-state index in [1.165, 1.54) is 19.8 Å². The Hall–Kier alpha value is -4.20. The Morgan fingerprint density at radius 1 is 0.898 bits per heavy atom. The molecule has 0 amide bonds. The molecule has 1 saturated carbocycles. The Morgan fingerprint density at radius 3 is 2.14 bits per heavy atom. The molecule has 3 aromatic carbocycles. The predicted molar refractivity (Wildman–Crippen MR) is 192 cm³/mol. The summed E-state index contributed by atoms with van der Waals surface area (Å²) >= 11 is 6.54. The number of hydrogen-bond acceptors (Lipinski definition) is 7. The standard InChI is InChI=1S/C41H46ClNO6/c1-7-41(34-25-36(42)43-37(47-6)32(34)26-46-5,49-38(44)30-21-19-29(20-22-30)28-14-10-8-11-15-28)39(45)48-35-24-27(2)18-23-33(35)40(3,4)31-16-12-9-13-17-31/h8-17,19-22,25,27,33,35H,7,18,23-24,26H2,1-6H3/t27-,33-,35+,41+/m1/s1. The number of carbonyl (C=O) groups is 2. The molecule has 5 rings (SSSR count). The maximum atomic E-state index is 14.9. The van der Waals surface area contributed by atoms with Crippen LogP contribution in [0.25, 0.3) is 11.1 Å². The molecule has 1 heterocycles. The molecule has 0 aliphatic heterocycles. The van der Waals surface area contributed by atoms with Crippen molar-refractivity contribution in [3.05, 3.63) is 118 Å². The Bertz CT molecular complexity index is 1730. The number of methoxy groups -OCH3 is 2. The van der Waals surface area contributed by atoms with Gasteiger partial charge in [-0.1, -0.05) is 119 Å². The number of halogens is 1. The van der Waals surface area contributed by atoms with Crippen molar-refractivity contribution in [2.45, 2.75) is 77.1 Å². The zero-order chi connectivity index (χ0) is 35.2. The fourth-order valence-electron chi connectivity index (χ4n) is 7.19. The first kappa shape index (κ1) is 36.1. The van der Waals surface area contributed by atoms with Gasteiger partial charge in [0.15, 0.2) is 0 Å². The summed E-state index contributed by atoms with van der Waals surface area (Å²) in [6.45, 7) is 8.42. The number of aromatic nitrogens is 1. The number of nitrogens with zero attached hydrogens (tertiary/aromatic N) is 1. The van der Waals surface area contributed by atoms with Crippen molar-refractivity contribution < 1.29 is 28.5 Å². The van der Waals surface area contributed by atoms with Gasteiger partial charge >= 0.3 is 11.9 Å². The molecule has 0 radical (unpaired) electrons. The Balaban J connectivity index is 1.57. The molecule has 0 N–H and O–H groups in total. The third kappa shape index (κ3) is 7.68. The van der Waals surface area contributed by atoms with Crippen LogP contribution in [0.15, 0.2) is 91.0 Å². The molecular weight excluding hydrogens is 638 g/mol. The molecule has 0 bridgehead atoms. The lowest BCUT2D eigenvalue weighted by Crippen LogP contribution is -2.48. The summed E-state index contributed by atoms with van der Waals surface area (Å²) in [5, 5.41) is 0.0787. The molecule has 1 aliphatic carbocycles. The Kier molecular flexibility index (Phi) is 11.5. The van der Waals surface area contributed by atoms with E-state index in [-0.39, 0.29) is 35.4 Å². The molecule has 8 heteroatoms. The van der Waals surface area contributed by atoms with E-state index in [0.29, 0.717) is 29.0 Å². The number of esters is 2. The van der Waals surface area contributed by atoms with Gasteiger partial charge in [0.2, 0.25) is 11.5 Å². The molecule has 49 heavy (non-hydrogen) atoms. The summed E-state index contributed by atoms with van der Waals surface area (Å²) < 4.78 is 24.1. The van der Waals surface area contributed by atoms with Crippen molar-refractivity contribution in [2.24, 2.45) is 11.8 Å². The Morgan fingerprint density at radius 2 is 1.53 bits per heavy atom. The van der Waals surface area contributed by atoms with Crippen LogP contribution in [0.4, 0.5) is 0 Å². The maximum absolute atomic E-state index is 14.9. The highest BCUT2D eigenvalue weighted by Gasteiger charge is 2.50. The lowest BCUT2D eigenvalue weighted by Gasteiger charge is -2.45. The molecule has 1 fully saturated rings. The number of pyridine rings is 1. The van der Waals surface area contributed by atoms with Gasteiger partial charge in [0.1, 0.15) is 11.3 Å². The number of ether oxygens (including phenoxy) is 4. The third-order valence-corrected chi connectivity index (χ3v) is 10.2. The molecule has 1 aromatic heterocycles. The minimum atomic E-state index is -1.88. The summed E-state index contributed by atoms with van der Waals surface area (Å²) in [5.74, 6) is -0.792. The first-order chi connectivity index (χ1) is 23.5. The van der Waals surface area contributed by atoms with Crippen LogP contribution >= 0.6 is 11.6 Å². The number of carbonyl (C=O) groups excluding carboxylic acids is 2. The first-order valence-electron chi connectivity index (χ1n) is 16.9. The molecule has 7 nitrogen and oxygen atoms in total. The third-order valence-electron chi connectivity index (χ3n) is 10.1. The van der Waals surface area contributed by atoms with Crippen molar-refractivity contribution in [1.29, 1.82) is 0 Å². The number of hydrogen-bond donors (Lipinski definition) is 0. The SMILES string of the molecule is CC[C@@](OC(=O)c1ccc(-c2ccccc2)cc1)(C(=O)O[C@H]1C[C@H](C)CC[C@H]1C(C)(C)c1ccccc1)c1cc(Cl)nc(OC)c1COC. The van der Waals surface area contributed by atoms with E-state index in [1.807, 2.05) is 60.7 Å². The zero-order valence-corrected chi connectivity index (χ0v) is 30.0. The van der Waals surface area contributed by atoms with Crippen molar-refractivity contribution in [3.8, 4) is 17.0 Å². The lowest BCUT2D eigenvalue weighted by molar-refractivity contribution is -0.181. The van der Waals surface area contributed by atoms with Crippen LogP contribution in [-0.2, 0) is 36.6 Å². The van der Waals surface area contributed by atoms with Crippen LogP contribution in [0, 0.1) is 11.8 Å². The minimum absolute atomic E-state index is 0.0276. The quantitative estimate of drug-likeness (QED) is 0.109. The smallest absolute Gasteiger partial charge is 0.355 e. The molecule has 1 aliphatic rings. The highest BCUT2D eigenvalue weighted by molar-refractivity contribution is 6.29. The molecule has 4 atom stereocenters. The molecule has 0 unspecified atom stereocenters. The van der Waals surface area contributed by atoms with E-state index in [4.69, 9.17) is 30.5 Å². The highest BCUT2D eigenvalue weighted by Crippen LogP contribution is 2.46. The van der Waals surface area contributed by atoms with Crippen LogP contribution in [0.5, 0.6) is 5.88 Å². The van der Waals surface area contributed by atoms with Gasteiger partial charge < -0.3 is 18.9 Å². The van der Waals surface area contributed by atoms with Crippen LogP contribution < -0.4 is 4.74 Å². The van der Waals surface area contributed by atoms with E-state index in [1.54, 1.807) is 25.1 Å². The van der Waals surface area contributed by atoms with Crippen molar-refractivity contribution >= 4 is 23.5 Å². The van der Waals surface area contributed by atoms with Crippen LogP contribution in [-0.4, -0.2) is 37.2 Å². The molecular formula is C41H46ClNO6. The summed E-state index contributed by atoms with van der Waals surface area (Å²) in [7, 11) is 3.00.